The van der Waals surface area contributed by atoms with Gasteiger partial charge in [-0.25, -0.2) is 19.2 Å². The third kappa shape index (κ3) is 16.7. The lowest BCUT2D eigenvalue weighted by Crippen LogP contribution is -2.32. The van der Waals surface area contributed by atoms with Crippen LogP contribution in [0.25, 0.3) is 5.95 Å². The van der Waals surface area contributed by atoms with E-state index in [1.165, 1.54) is 50.4 Å². The molecule has 0 saturated carbocycles. The SMILES string of the molecule is C=C(C)COC(=O)NC(=N)c1ccc(C[C@@H](c2nc(OCOC(=O)C(C)(C)COC)n(-c3ncccn3)n2)c2cc(OC)cc(OCCOC(C)=O)c2F)cc1.CCCS(=O)(=O)O. The van der Waals surface area contributed by atoms with Gasteiger partial charge in [-0.05, 0) is 56.9 Å². The Balaban J connectivity index is 0.00000139. The third-order valence-corrected chi connectivity index (χ3v) is 9.13. The zero-order valence-corrected chi connectivity index (χ0v) is 36.8. The number of methoxy groups -OCH3 is 2. The van der Waals surface area contributed by atoms with Crippen LogP contribution >= 0.6 is 0 Å². The first kappa shape index (κ1) is 50.8. The summed E-state index contributed by atoms with van der Waals surface area (Å²) in [6.45, 7) is 10.9. The van der Waals surface area contributed by atoms with E-state index in [9.17, 15) is 22.8 Å². The smallest absolute Gasteiger partial charge is 0.413 e. The zero-order chi connectivity index (χ0) is 46.7. The number of hydrogen-bond acceptors (Lipinski definition) is 17. The van der Waals surface area contributed by atoms with Crippen molar-refractivity contribution in [1.29, 1.82) is 5.41 Å². The topological polar surface area (TPSA) is 263 Å². The van der Waals surface area contributed by atoms with Crippen molar-refractivity contribution in [3.8, 4) is 23.5 Å². The number of amidine groups is 1. The Bertz CT molecular complexity index is 2290. The van der Waals surface area contributed by atoms with Crippen LogP contribution in [0.3, 0.4) is 0 Å². The Hall–Kier alpha value is -6.52. The monoisotopic (exact) mass is 901 g/mol. The maximum absolute atomic E-state index is 16.6. The summed E-state index contributed by atoms with van der Waals surface area (Å²) in [5.74, 6) is -2.99. The second-order valence-electron chi connectivity index (χ2n) is 14.2. The van der Waals surface area contributed by atoms with E-state index in [2.05, 4.69) is 31.9 Å². The fraction of sp³-hybridized carbons (Fsp3) is 0.415. The number of carbonyl (C=O) groups excluding carboxylic acids is 3. The number of ether oxygens (including phenoxy) is 7. The van der Waals surface area contributed by atoms with Gasteiger partial charge in [-0.2, -0.15) is 13.4 Å². The summed E-state index contributed by atoms with van der Waals surface area (Å²) in [4.78, 5) is 49.3. The second-order valence-corrected chi connectivity index (χ2v) is 15.8. The van der Waals surface area contributed by atoms with Crippen LogP contribution in [0.15, 0.2) is 67.0 Å². The number of amides is 1. The average molecular weight is 902 g/mol. The van der Waals surface area contributed by atoms with Crippen LogP contribution in [-0.4, -0.2) is 115 Å². The van der Waals surface area contributed by atoms with Crippen LogP contribution in [0.4, 0.5) is 9.18 Å². The van der Waals surface area contributed by atoms with Crippen molar-refractivity contribution in [3.63, 3.8) is 0 Å². The van der Waals surface area contributed by atoms with E-state index in [0.29, 0.717) is 23.1 Å². The fourth-order valence-corrected chi connectivity index (χ4v) is 5.80. The number of aromatic nitrogens is 5. The van der Waals surface area contributed by atoms with Gasteiger partial charge in [-0.1, -0.05) is 37.8 Å². The normalized spacial score (nSPS) is 11.6. The number of nitrogens with zero attached hydrogens (tertiary/aromatic N) is 5. The molecule has 1 amide bonds. The maximum Gasteiger partial charge on any atom is 0.413 e. The highest BCUT2D eigenvalue weighted by atomic mass is 32.2. The summed E-state index contributed by atoms with van der Waals surface area (Å²) in [6.07, 6.45) is 2.70. The van der Waals surface area contributed by atoms with Crippen molar-refractivity contribution in [1.82, 2.24) is 30.0 Å². The maximum atomic E-state index is 16.6. The van der Waals surface area contributed by atoms with Crippen molar-refractivity contribution in [2.75, 3.05) is 53.2 Å². The van der Waals surface area contributed by atoms with Gasteiger partial charge in [0.25, 0.3) is 16.1 Å². The molecule has 342 valence electrons. The number of hydrogen-bond donors (Lipinski definition) is 3. The zero-order valence-electron chi connectivity index (χ0n) is 36.0. The van der Waals surface area contributed by atoms with Gasteiger partial charge in [0.15, 0.2) is 17.4 Å². The number of halogens is 1. The molecule has 22 heteroatoms. The van der Waals surface area contributed by atoms with E-state index in [4.69, 9.17) is 43.1 Å². The number of alkyl carbamates (subject to hydrolysis) is 1. The molecule has 0 spiro atoms. The van der Waals surface area contributed by atoms with Crippen LogP contribution in [0.2, 0.25) is 0 Å². The number of nitrogens with one attached hydrogen (secondary N) is 2. The Labute approximate surface area is 364 Å². The van der Waals surface area contributed by atoms with Gasteiger partial charge in [0.1, 0.15) is 31.4 Å². The largest absolute Gasteiger partial charge is 0.497 e. The van der Waals surface area contributed by atoms with Gasteiger partial charge in [0, 0.05) is 43.6 Å². The molecule has 0 bridgehead atoms. The van der Waals surface area contributed by atoms with Crippen LogP contribution in [-0.2, 0) is 45.1 Å². The molecule has 0 radical (unpaired) electrons. The molecule has 0 saturated heterocycles. The van der Waals surface area contributed by atoms with E-state index >= 15 is 4.39 Å². The Kier molecular flexibility index (Phi) is 19.5. The van der Waals surface area contributed by atoms with Crippen LogP contribution in [0, 0.1) is 16.6 Å². The molecule has 4 aromatic rings. The lowest BCUT2D eigenvalue weighted by molar-refractivity contribution is -0.163. The van der Waals surface area contributed by atoms with Gasteiger partial charge in [-0.3, -0.25) is 24.9 Å². The molecular weight excluding hydrogens is 850 g/mol. The number of benzene rings is 2. The van der Waals surface area contributed by atoms with Crippen molar-refractivity contribution < 1.29 is 64.9 Å². The number of esters is 2. The van der Waals surface area contributed by atoms with E-state index in [-0.39, 0.29) is 79.3 Å². The Morgan fingerprint density at radius 2 is 1.70 bits per heavy atom. The molecule has 3 N–H and O–H groups in total. The minimum Gasteiger partial charge on any atom is -0.497 e. The molecule has 2 heterocycles. The first-order chi connectivity index (χ1) is 29.8. The molecule has 0 fully saturated rings. The van der Waals surface area contributed by atoms with Gasteiger partial charge in [-0.15, -0.1) is 9.78 Å². The molecule has 2 aromatic heterocycles. The van der Waals surface area contributed by atoms with E-state index in [0.717, 1.165) is 0 Å². The highest BCUT2D eigenvalue weighted by Gasteiger charge is 2.31. The summed E-state index contributed by atoms with van der Waals surface area (Å²) in [5.41, 5.74) is 0.760. The highest BCUT2D eigenvalue weighted by Crippen LogP contribution is 2.37. The molecule has 1 atom stereocenters. The fourth-order valence-electron chi connectivity index (χ4n) is 5.28. The number of carbonyl (C=O) groups is 3. The number of rotatable bonds is 21. The van der Waals surface area contributed by atoms with Crippen LogP contribution in [0.1, 0.15) is 69.5 Å². The summed E-state index contributed by atoms with van der Waals surface area (Å²) < 4.78 is 82.7. The molecule has 20 nitrogen and oxygen atoms in total. The second kappa shape index (κ2) is 24.2. The van der Waals surface area contributed by atoms with Gasteiger partial charge < -0.3 is 33.2 Å². The summed E-state index contributed by atoms with van der Waals surface area (Å²) in [5, 5.41) is 15.4. The molecule has 4 rings (SSSR count). The molecule has 0 aliphatic rings. The van der Waals surface area contributed by atoms with Crippen LogP contribution < -0.4 is 19.5 Å². The van der Waals surface area contributed by atoms with Crippen molar-refractivity contribution >= 4 is 34.0 Å². The molecular formula is C41H52FN7O13S. The summed E-state index contributed by atoms with van der Waals surface area (Å²) in [7, 11) is -0.797. The minimum absolute atomic E-state index is 0.00385. The predicted octanol–water partition coefficient (Wildman–Crippen LogP) is 4.99. The Morgan fingerprint density at radius 1 is 1.02 bits per heavy atom. The first-order valence-electron chi connectivity index (χ1n) is 19.2. The molecule has 0 aliphatic carbocycles. The van der Waals surface area contributed by atoms with Gasteiger partial charge in [0.05, 0.1) is 30.8 Å². The van der Waals surface area contributed by atoms with Crippen LogP contribution in [0.5, 0.6) is 17.5 Å². The van der Waals surface area contributed by atoms with E-state index < -0.39 is 52.1 Å². The van der Waals surface area contributed by atoms with Crippen molar-refractivity contribution in [3.05, 3.63) is 95.3 Å². The molecule has 63 heavy (non-hydrogen) atoms. The highest BCUT2D eigenvalue weighted by molar-refractivity contribution is 7.85. The molecule has 0 unspecified atom stereocenters. The summed E-state index contributed by atoms with van der Waals surface area (Å²) >= 11 is 0. The quantitative estimate of drug-likeness (QED) is 0.0145. The van der Waals surface area contributed by atoms with Gasteiger partial charge >= 0.3 is 24.0 Å². The molecule has 2 aromatic carbocycles. The lowest BCUT2D eigenvalue weighted by atomic mass is 9.90. The van der Waals surface area contributed by atoms with Crippen molar-refractivity contribution in [2.24, 2.45) is 5.41 Å². The lowest BCUT2D eigenvalue weighted by Gasteiger charge is -2.21. The minimum atomic E-state index is -3.67. The standard InChI is InChI=1S/C38H44FN7O10.C3H8O3S/c1-23(2)20-54-37(49)43-32(40)26-11-9-25(10-12-26)17-29(28-18-27(51-7)19-30(31(28)39)53-16-15-52-24(3)47)33-44-36(46(45-33)35-41-13-8-14-42-35)56-22-55-34(48)38(4,5)21-50-6;1-2-3-7(4,5)6/h8-14,18-19,29H,1,15-17,20-22H2,2-7H3,(H2,40,43,49);2-3H2,1H3,(H,4,5,6)/t29-;/m1./s1. The van der Waals surface area contributed by atoms with Crippen molar-refractivity contribution in [2.45, 2.75) is 53.4 Å². The van der Waals surface area contributed by atoms with E-state index in [1.54, 1.807) is 58.0 Å². The third-order valence-electron chi connectivity index (χ3n) is 8.20. The Morgan fingerprint density at radius 3 is 2.27 bits per heavy atom. The predicted molar refractivity (Wildman–Crippen MR) is 224 cm³/mol. The molecule has 0 aliphatic heterocycles. The summed E-state index contributed by atoms with van der Waals surface area (Å²) in [6, 6.07) is 10.9. The first-order valence-corrected chi connectivity index (χ1v) is 20.8. The van der Waals surface area contributed by atoms with Gasteiger partial charge in [0.2, 0.25) is 6.79 Å². The van der Waals surface area contributed by atoms with E-state index in [1.807, 2.05) is 0 Å². The average Bonchev–Trinajstić information content (AvgIpc) is 3.65.